The van der Waals surface area contributed by atoms with E-state index in [1.165, 1.54) is 6.92 Å². The lowest BCUT2D eigenvalue weighted by Crippen LogP contribution is -2.29. The summed E-state index contributed by atoms with van der Waals surface area (Å²) in [6.45, 7) is 1.44. The number of amides is 1. The summed E-state index contributed by atoms with van der Waals surface area (Å²) in [5.74, 6) is 0. The number of hydrogen-bond acceptors (Lipinski definition) is 4. The molecule has 4 nitrogen and oxygen atoms in total. The van der Waals surface area contributed by atoms with Crippen molar-refractivity contribution < 1.29 is 9.90 Å². The van der Waals surface area contributed by atoms with E-state index < -0.39 is 11.5 Å². The van der Waals surface area contributed by atoms with Gasteiger partial charge in [0.05, 0.1) is 0 Å². The van der Waals surface area contributed by atoms with Crippen LogP contribution in [0, 0.1) is 0 Å². The number of aliphatic hydroxyl groups excluding tert-OH is 1. The van der Waals surface area contributed by atoms with E-state index in [0.29, 0.717) is 11.9 Å². The van der Waals surface area contributed by atoms with E-state index in [2.05, 4.69) is 5.32 Å². The molecule has 1 amide bonds. The van der Waals surface area contributed by atoms with Crippen LogP contribution in [0.4, 0.5) is 4.79 Å². The van der Waals surface area contributed by atoms with E-state index in [4.69, 9.17) is 10.2 Å². The monoisotopic (exact) mass is 136 g/mol. The summed E-state index contributed by atoms with van der Waals surface area (Å²) in [6.07, 6.45) is -0.821. The molecule has 0 aromatic carbocycles. The van der Waals surface area contributed by atoms with Gasteiger partial charge in [0.15, 0.2) is 0 Å². The minimum atomic E-state index is -0.821. The first-order valence-electron chi connectivity index (χ1n) is 2.02. The van der Waals surface area contributed by atoms with Gasteiger partial charge in [0.2, 0.25) is 0 Å². The van der Waals surface area contributed by atoms with Gasteiger partial charge in [0.1, 0.15) is 6.23 Å². The Morgan fingerprint density at radius 2 is 2.50 bits per heavy atom. The summed E-state index contributed by atoms with van der Waals surface area (Å²) in [5, 5.41) is 15.0. The van der Waals surface area contributed by atoms with Crippen LogP contribution in [0.2, 0.25) is 0 Å². The van der Waals surface area contributed by atoms with Gasteiger partial charge in [-0.05, 0) is 6.92 Å². The van der Waals surface area contributed by atoms with Crippen LogP contribution in [-0.4, -0.2) is 16.6 Å². The molecule has 0 bridgehead atoms. The second kappa shape index (κ2) is 3.71. The predicted octanol–water partition coefficient (Wildman–Crippen LogP) is -0.359. The van der Waals surface area contributed by atoms with Crippen molar-refractivity contribution in [2.45, 2.75) is 13.2 Å². The summed E-state index contributed by atoms with van der Waals surface area (Å²) in [7, 11) is 0. The van der Waals surface area contributed by atoms with Gasteiger partial charge >= 0.3 is 0 Å². The Balaban J connectivity index is 3.25. The molecule has 0 spiro atoms. The van der Waals surface area contributed by atoms with Gasteiger partial charge in [-0.1, -0.05) is 0 Å². The first kappa shape index (κ1) is 7.74. The van der Waals surface area contributed by atoms with Crippen molar-refractivity contribution in [1.29, 1.82) is 0 Å². The van der Waals surface area contributed by atoms with Crippen molar-refractivity contribution in [3.05, 3.63) is 0 Å². The van der Waals surface area contributed by atoms with Gasteiger partial charge in [-0.2, -0.15) is 0 Å². The summed E-state index contributed by atoms with van der Waals surface area (Å²) in [6, 6.07) is 0. The highest BCUT2D eigenvalue weighted by molar-refractivity contribution is 8.11. The van der Waals surface area contributed by atoms with Crippen molar-refractivity contribution in [3.63, 3.8) is 0 Å². The Bertz CT molecular complexity index is 85.4. The fourth-order valence-corrected chi connectivity index (χ4v) is 0.443. The molecule has 48 valence electrons. The molecular formula is C3H8N2O2S. The fraction of sp³-hybridized carbons (Fsp3) is 0.667. The Kier molecular flexibility index (Phi) is 3.59. The lowest BCUT2D eigenvalue weighted by molar-refractivity contribution is 0.165. The van der Waals surface area contributed by atoms with Gasteiger partial charge < -0.3 is 10.4 Å². The number of hydrogen-bond donors (Lipinski definition) is 3. The number of carbonyl (C=O) groups excluding carboxylic acids is 1. The average molecular weight is 136 g/mol. The molecule has 0 aliphatic carbocycles. The van der Waals surface area contributed by atoms with Crippen LogP contribution in [0.3, 0.4) is 0 Å². The molecule has 1 atom stereocenters. The molecule has 0 aliphatic heterocycles. The standard InChI is InChI=1S/C3H8N2O2S/c1-2(6)5-3(7)8-4/h2,6H,4H2,1H3,(H,5,7). The second-order valence-corrected chi connectivity index (χ2v) is 1.83. The fourth-order valence-electron chi connectivity index (χ4n) is 0.205. The minimum Gasteiger partial charge on any atom is -0.374 e. The maximum absolute atomic E-state index is 10.2. The molecule has 0 heterocycles. The summed E-state index contributed by atoms with van der Waals surface area (Å²) >= 11 is 0.543. The molecule has 0 rings (SSSR count). The Hall–Kier alpha value is -0.260. The van der Waals surface area contributed by atoms with Crippen molar-refractivity contribution in [2.24, 2.45) is 5.14 Å². The van der Waals surface area contributed by atoms with Crippen LogP contribution in [0.5, 0.6) is 0 Å². The molecule has 4 N–H and O–H groups in total. The molecule has 0 radical (unpaired) electrons. The maximum Gasteiger partial charge on any atom is 0.295 e. The number of rotatable bonds is 1. The van der Waals surface area contributed by atoms with E-state index in [1.54, 1.807) is 0 Å². The lowest BCUT2D eigenvalue weighted by Gasteiger charge is -2.02. The van der Waals surface area contributed by atoms with Crippen LogP contribution in [-0.2, 0) is 0 Å². The van der Waals surface area contributed by atoms with Gasteiger partial charge in [0, 0.05) is 11.9 Å². The molecule has 0 aromatic heterocycles. The number of aliphatic hydroxyl groups is 1. The third-order valence-corrected chi connectivity index (χ3v) is 0.766. The van der Waals surface area contributed by atoms with Gasteiger partial charge in [0.25, 0.3) is 5.24 Å². The number of nitrogens with two attached hydrogens (primary N) is 1. The van der Waals surface area contributed by atoms with E-state index in [-0.39, 0.29) is 0 Å². The molecular weight excluding hydrogens is 128 g/mol. The zero-order chi connectivity index (χ0) is 6.57. The summed E-state index contributed by atoms with van der Waals surface area (Å²) in [4.78, 5) is 10.2. The van der Waals surface area contributed by atoms with Gasteiger partial charge in [-0.25, -0.2) is 0 Å². The van der Waals surface area contributed by atoms with Crippen LogP contribution in [0.25, 0.3) is 0 Å². The third-order valence-electron chi connectivity index (χ3n) is 0.434. The molecule has 0 fully saturated rings. The Labute approximate surface area is 51.6 Å². The highest BCUT2D eigenvalue weighted by Gasteiger charge is 1.99. The lowest BCUT2D eigenvalue weighted by atomic mass is 10.7. The summed E-state index contributed by atoms with van der Waals surface area (Å²) in [5.41, 5.74) is 0. The second-order valence-electron chi connectivity index (χ2n) is 1.23. The van der Waals surface area contributed by atoms with Gasteiger partial charge in [-0.3, -0.25) is 9.93 Å². The quantitative estimate of drug-likeness (QED) is 0.340. The van der Waals surface area contributed by atoms with E-state index >= 15 is 0 Å². The molecule has 5 heteroatoms. The zero-order valence-corrected chi connectivity index (χ0v) is 5.23. The van der Waals surface area contributed by atoms with Gasteiger partial charge in [-0.15, -0.1) is 0 Å². The number of carbonyl (C=O) groups is 1. The smallest absolute Gasteiger partial charge is 0.295 e. The van der Waals surface area contributed by atoms with E-state index in [1.807, 2.05) is 0 Å². The van der Waals surface area contributed by atoms with Crippen molar-refractivity contribution >= 4 is 17.2 Å². The van der Waals surface area contributed by atoms with E-state index in [0.717, 1.165) is 0 Å². The molecule has 0 aliphatic rings. The topological polar surface area (TPSA) is 75.3 Å². The highest BCUT2D eigenvalue weighted by atomic mass is 32.2. The van der Waals surface area contributed by atoms with Crippen LogP contribution >= 0.6 is 11.9 Å². The Morgan fingerprint density at radius 1 is 2.00 bits per heavy atom. The van der Waals surface area contributed by atoms with E-state index in [9.17, 15) is 4.79 Å². The molecule has 0 aromatic rings. The maximum atomic E-state index is 10.2. The molecule has 0 saturated carbocycles. The number of nitrogens with one attached hydrogen (secondary N) is 1. The molecule has 0 saturated heterocycles. The molecule has 1 unspecified atom stereocenters. The predicted molar refractivity (Wildman–Crippen MR) is 32.0 cm³/mol. The minimum absolute atomic E-state index is 0.431. The molecule has 8 heavy (non-hydrogen) atoms. The Morgan fingerprint density at radius 3 is 2.62 bits per heavy atom. The van der Waals surface area contributed by atoms with Crippen LogP contribution in [0.1, 0.15) is 6.92 Å². The third kappa shape index (κ3) is 3.91. The van der Waals surface area contributed by atoms with Crippen molar-refractivity contribution in [2.75, 3.05) is 0 Å². The summed E-state index contributed by atoms with van der Waals surface area (Å²) < 4.78 is 0. The SMILES string of the molecule is CC(O)NC(=O)SN. The van der Waals surface area contributed by atoms with Crippen molar-refractivity contribution in [1.82, 2.24) is 5.32 Å². The van der Waals surface area contributed by atoms with Crippen LogP contribution < -0.4 is 10.5 Å². The largest absolute Gasteiger partial charge is 0.374 e. The highest BCUT2D eigenvalue weighted by Crippen LogP contribution is 1.87. The zero-order valence-electron chi connectivity index (χ0n) is 4.42. The average Bonchev–Trinajstić information content (AvgIpc) is 1.65. The normalized spacial score (nSPS) is 12.9. The first-order chi connectivity index (χ1) is 3.66. The first-order valence-corrected chi connectivity index (χ1v) is 2.90. The van der Waals surface area contributed by atoms with Crippen molar-refractivity contribution in [3.8, 4) is 0 Å². The van der Waals surface area contributed by atoms with Crippen LogP contribution in [0.15, 0.2) is 0 Å².